The molecule has 0 aromatic heterocycles. The minimum Gasteiger partial charge on any atom is -0.507 e. The fraction of sp³-hybridized carbons (Fsp3) is 0.472. The fourth-order valence-electron chi connectivity index (χ4n) is 13.2. The average molecular weight is 838 g/mol. The summed E-state index contributed by atoms with van der Waals surface area (Å²) in [6.07, 6.45) is 25.8. The Bertz CT molecular complexity index is 2450. The summed E-state index contributed by atoms with van der Waals surface area (Å²) < 4.78 is 0. The minimum absolute atomic E-state index is 0.0829. The van der Waals surface area contributed by atoms with Gasteiger partial charge in [-0.2, -0.15) is 0 Å². The molecule has 1 aliphatic heterocycles. The average Bonchev–Trinajstić information content (AvgIpc) is 4.07. The summed E-state index contributed by atoms with van der Waals surface area (Å²) in [4.78, 5) is 9.86. The number of aliphatic hydroxyl groups excluding tert-OH is 1. The van der Waals surface area contributed by atoms with Gasteiger partial charge >= 0.3 is 0 Å². The van der Waals surface area contributed by atoms with Crippen molar-refractivity contribution in [1.82, 2.24) is 5.32 Å². The van der Waals surface area contributed by atoms with Gasteiger partial charge in [0.05, 0.1) is 17.2 Å². The number of aromatic hydroxyl groups is 5. The highest BCUT2D eigenvalue weighted by atomic mass is 16.3. The van der Waals surface area contributed by atoms with Crippen LogP contribution in [-0.2, 0) is 25.8 Å². The van der Waals surface area contributed by atoms with Crippen LogP contribution in [0.2, 0.25) is 0 Å². The molecule has 1 heterocycles. The Hall–Kier alpha value is -5.12. The first kappa shape index (κ1) is 42.2. The molecule has 0 unspecified atom stereocenters. The first-order valence-corrected chi connectivity index (χ1v) is 23.2. The van der Waals surface area contributed by atoms with Crippen molar-refractivity contribution in [2.45, 2.75) is 116 Å². The Balaban J connectivity index is 1.02. The molecule has 0 saturated heterocycles. The lowest BCUT2D eigenvalue weighted by Gasteiger charge is -2.65. The molecule has 0 amide bonds. The van der Waals surface area contributed by atoms with E-state index in [0.717, 1.165) is 43.5 Å². The largest absolute Gasteiger partial charge is 0.507 e. The van der Waals surface area contributed by atoms with Crippen LogP contribution < -0.4 is 5.32 Å². The van der Waals surface area contributed by atoms with Crippen molar-refractivity contribution in [1.29, 1.82) is 0 Å². The summed E-state index contributed by atoms with van der Waals surface area (Å²) >= 11 is 0. The van der Waals surface area contributed by atoms with E-state index in [-0.39, 0.29) is 56.3 Å². The minimum atomic E-state index is -0.503. The third kappa shape index (κ3) is 7.19. The van der Waals surface area contributed by atoms with Crippen molar-refractivity contribution in [3.63, 3.8) is 0 Å². The molecule has 3 fully saturated rings. The van der Waals surface area contributed by atoms with E-state index in [2.05, 4.69) is 48.8 Å². The number of nitrogens with zero attached hydrogens (tertiary/aromatic N) is 2. The lowest BCUT2D eigenvalue weighted by atomic mass is 9.39. The molecule has 4 aromatic rings. The number of phenolic OH excluding ortho intramolecular Hbond substituents is 5. The second-order valence-corrected chi connectivity index (χ2v) is 19.1. The van der Waals surface area contributed by atoms with Crippen LogP contribution in [-0.4, -0.2) is 61.9 Å². The highest BCUT2D eigenvalue weighted by molar-refractivity contribution is 6.34. The molecule has 5 atom stereocenters. The summed E-state index contributed by atoms with van der Waals surface area (Å²) in [6.45, 7) is 4.18. The highest BCUT2D eigenvalue weighted by Crippen LogP contribution is 2.72. The van der Waals surface area contributed by atoms with Crippen LogP contribution in [0.1, 0.15) is 117 Å². The molecule has 7 N–H and O–H groups in total. The van der Waals surface area contributed by atoms with Gasteiger partial charge in [-0.05, 0) is 132 Å². The highest BCUT2D eigenvalue weighted by Gasteiger charge is 2.70. The smallest absolute Gasteiger partial charge is 0.169 e. The summed E-state index contributed by atoms with van der Waals surface area (Å²) in [7, 11) is 0. The van der Waals surface area contributed by atoms with E-state index in [1.54, 1.807) is 18.2 Å². The van der Waals surface area contributed by atoms with Gasteiger partial charge in [0.1, 0.15) is 12.4 Å². The molecule has 9 heteroatoms. The Kier molecular flexibility index (Phi) is 11.7. The van der Waals surface area contributed by atoms with Gasteiger partial charge in [-0.3, -0.25) is 9.98 Å². The molecule has 4 aliphatic carbocycles. The summed E-state index contributed by atoms with van der Waals surface area (Å²) in [5, 5.41) is 70.5. The Labute approximate surface area is 365 Å². The van der Waals surface area contributed by atoms with Gasteiger partial charge in [-0.1, -0.05) is 99.7 Å². The van der Waals surface area contributed by atoms with Crippen molar-refractivity contribution < 1.29 is 30.6 Å². The number of rotatable bonds is 14. The standard InChI is InChI=1S/C53H63N3O6/c1-2-3-4-9-36-28-34(15-20-41-39(19-14-35-16-21-42(57)45(60)29-35)40-11-7-12-43(58)47(40)49(62)48(41)61)13-17-37(36)30-54-32-53(46-31-55-33-56-46)50-44(59)22-18-38-10-8-25-52(38,50)27-26-51(53)23-5-6-24-51/h7,11-14,16-19,21-22,28-29,31,38,44,50,54,57-62H,2-6,8-10,15,20,23-27,30,32-33H2,1H3/b19-14+/t38-,44+,50+,52-,53+/m0/s1. The van der Waals surface area contributed by atoms with Gasteiger partial charge in [0, 0.05) is 36.2 Å². The number of unbranched alkanes of at least 4 members (excludes halogenated alkanes) is 2. The normalized spacial score (nSPS) is 26.2. The van der Waals surface area contributed by atoms with Crippen molar-refractivity contribution in [2.75, 3.05) is 13.2 Å². The zero-order valence-electron chi connectivity index (χ0n) is 36.1. The third-order valence-corrected chi connectivity index (χ3v) is 16.0. The van der Waals surface area contributed by atoms with E-state index in [4.69, 9.17) is 9.98 Å². The molecule has 3 saturated carbocycles. The zero-order chi connectivity index (χ0) is 43.1. The molecule has 62 heavy (non-hydrogen) atoms. The molecule has 9 nitrogen and oxygen atoms in total. The van der Waals surface area contributed by atoms with Gasteiger partial charge in [0.2, 0.25) is 0 Å². The maximum absolute atomic E-state index is 12.2. The van der Waals surface area contributed by atoms with Gasteiger partial charge in [-0.15, -0.1) is 0 Å². The Morgan fingerprint density at radius 3 is 2.42 bits per heavy atom. The molecule has 2 spiro atoms. The van der Waals surface area contributed by atoms with Crippen molar-refractivity contribution in [2.24, 2.45) is 38.1 Å². The van der Waals surface area contributed by atoms with E-state index < -0.39 is 6.10 Å². The van der Waals surface area contributed by atoms with E-state index in [0.29, 0.717) is 54.0 Å². The fourth-order valence-corrected chi connectivity index (χ4v) is 13.2. The van der Waals surface area contributed by atoms with Crippen LogP contribution in [0.3, 0.4) is 0 Å². The molecule has 0 bridgehead atoms. The lowest BCUT2D eigenvalue weighted by Crippen LogP contribution is -2.67. The number of fused-ring (bicyclic) bond motifs is 1. The van der Waals surface area contributed by atoms with Gasteiger partial charge in [0.15, 0.2) is 23.0 Å². The molecule has 4 aromatic carbocycles. The van der Waals surface area contributed by atoms with E-state index in [9.17, 15) is 30.6 Å². The van der Waals surface area contributed by atoms with Crippen LogP contribution >= 0.6 is 0 Å². The van der Waals surface area contributed by atoms with E-state index in [1.807, 2.05) is 12.1 Å². The second-order valence-electron chi connectivity index (χ2n) is 19.1. The van der Waals surface area contributed by atoms with Crippen LogP contribution in [0, 0.1) is 28.1 Å². The van der Waals surface area contributed by atoms with Crippen molar-refractivity contribution >= 4 is 34.9 Å². The summed E-state index contributed by atoms with van der Waals surface area (Å²) in [6, 6.07) is 16.3. The van der Waals surface area contributed by atoms with Gasteiger partial charge < -0.3 is 36.0 Å². The second kappa shape index (κ2) is 17.2. The van der Waals surface area contributed by atoms with Gasteiger partial charge in [0.25, 0.3) is 0 Å². The quantitative estimate of drug-likeness (QED) is 0.0288. The predicted molar refractivity (Wildman–Crippen MR) is 248 cm³/mol. The molecule has 9 rings (SSSR count). The maximum Gasteiger partial charge on any atom is 0.169 e. The van der Waals surface area contributed by atoms with E-state index >= 15 is 0 Å². The van der Waals surface area contributed by atoms with Crippen LogP contribution in [0.25, 0.3) is 22.9 Å². The number of nitrogens with one attached hydrogen (secondary N) is 1. The number of phenols is 5. The van der Waals surface area contributed by atoms with E-state index in [1.165, 1.54) is 87.1 Å². The first-order chi connectivity index (χ1) is 30.1. The first-order valence-electron chi connectivity index (χ1n) is 23.2. The number of aliphatic hydroxyl groups is 1. The molecular formula is C53H63N3O6. The van der Waals surface area contributed by atoms with Gasteiger partial charge in [-0.25, -0.2) is 0 Å². The number of hydrogen-bond acceptors (Lipinski definition) is 9. The number of hydrogen-bond donors (Lipinski definition) is 7. The predicted octanol–water partition coefficient (Wildman–Crippen LogP) is 10.3. The molecule has 5 aliphatic rings. The number of allylic oxidation sites excluding steroid dienone is 1. The number of aryl methyl sites for hydroxylation is 2. The summed E-state index contributed by atoms with van der Waals surface area (Å²) in [5.74, 6) is -0.599. The summed E-state index contributed by atoms with van der Waals surface area (Å²) in [5.41, 5.74) is 6.54. The zero-order valence-corrected chi connectivity index (χ0v) is 36.1. The Morgan fingerprint density at radius 1 is 0.774 bits per heavy atom. The molecule has 326 valence electrons. The SMILES string of the molecule is CCCCCc1cc(CCc2c(O)c(O)c3c(O)cccc3c2/C=C/c2ccc(O)c(O)c2)ccc1CNC[C@@]1(C2=NCN=C2)[C@@H]2[C@H](O)C=C[C@@H]3CCC[C@]32CCC12CCCC2. The van der Waals surface area contributed by atoms with Crippen molar-refractivity contribution in [3.8, 4) is 28.7 Å². The van der Waals surface area contributed by atoms with Crippen LogP contribution in [0.4, 0.5) is 0 Å². The molecular weight excluding hydrogens is 775 g/mol. The maximum atomic E-state index is 12.2. The monoisotopic (exact) mass is 837 g/mol. The Morgan fingerprint density at radius 2 is 1.63 bits per heavy atom. The van der Waals surface area contributed by atoms with Crippen LogP contribution in [0.15, 0.2) is 76.7 Å². The van der Waals surface area contributed by atoms with Crippen molar-refractivity contribution in [3.05, 3.63) is 100 Å². The molecule has 0 radical (unpaired) electrons. The number of aliphatic imine (C=N–C) groups is 2. The third-order valence-electron chi connectivity index (χ3n) is 16.0. The number of benzene rings is 4. The van der Waals surface area contributed by atoms with Crippen LogP contribution in [0.5, 0.6) is 28.7 Å². The lowest BCUT2D eigenvalue weighted by molar-refractivity contribution is -0.142. The topological polar surface area (TPSA) is 158 Å².